The van der Waals surface area contributed by atoms with E-state index in [0.717, 1.165) is 19.0 Å². The van der Waals surface area contributed by atoms with Crippen molar-refractivity contribution >= 4 is 5.91 Å². The maximum atomic E-state index is 12.3. The second kappa shape index (κ2) is 5.40. The summed E-state index contributed by atoms with van der Waals surface area (Å²) in [6, 6.07) is 2.68. The third kappa shape index (κ3) is 3.10. The molecule has 3 rings (SSSR count). The molecule has 5 nitrogen and oxygen atoms in total. The minimum Gasteiger partial charge on any atom is -0.456 e. The summed E-state index contributed by atoms with van der Waals surface area (Å²) in [4.78, 5) is 28.0. The summed E-state index contributed by atoms with van der Waals surface area (Å²) in [6.07, 6.45) is 2.71. The van der Waals surface area contributed by atoms with Crippen molar-refractivity contribution in [3.63, 3.8) is 0 Å². The van der Waals surface area contributed by atoms with Crippen LogP contribution in [-0.2, 0) is 0 Å². The summed E-state index contributed by atoms with van der Waals surface area (Å²) in [7, 11) is 0. The Morgan fingerprint density at radius 1 is 1.25 bits per heavy atom. The van der Waals surface area contributed by atoms with Crippen LogP contribution in [0.5, 0.6) is 0 Å². The van der Waals surface area contributed by atoms with Gasteiger partial charge in [-0.3, -0.25) is 14.5 Å². The van der Waals surface area contributed by atoms with Gasteiger partial charge >= 0.3 is 0 Å². The van der Waals surface area contributed by atoms with E-state index >= 15 is 0 Å². The van der Waals surface area contributed by atoms with Gasteiger partial charge in [0.15, 0.2) is 11.2 Å². The molecule has 2 heterocycles. The highest BCUT2D eigenvalue weighted by Gasteiger charge is 2.28. The van der Waals surface area contributed by atoms with Gasteiger partial charge in [-0.25, -0.2) is 0 Å². The van der Waals surface area contributed by atoms with E-state index in [2.05, 4.69) is 4.90 Å². The average Bonchev–Trinajstić information content (AvgIpc) is 3.22. The molecule has 1 aromatic rings. The summed E-state index contributed by atoms with van der Waals surface area (Å²) >= 11 is 0. The van der Waals surface area contributed by atoms with Gasteiger partial charge in [-0.05, 0) is 25.7 Å². The maximum Gasteiger partial charge on any atom is 0.289 e. The van der Waals surface area contributed by atoms with Crippen LogP contribution in [0.3, 0.4) is 0 Å². The predicted molar refractivity (Wildman–Crippen MR) is 74.8 cm³/mol. The van der Waals surface area contributed by atoms with Crippen molar-refractivity contribution in [3.05, 3.63) is 33.9 Å². The van der Waals surface area contributed by atoms with Gasteiger partial charge in [0.05, 0.1) is 0 Å². The number of carbonyl (C=O) groups is 1. The second-order valence-electron chi connectivity index (χ2n) is 5.80. The molecule has 0 unspecified atom stereocenters. The number of hydrogen-bond donors (Lipinski definition) is 0. The molecule has 5 heteroatoms. The van der Waals surface area contributed by atoms with Crippen molar-refractivity contribution in [2.75, 3.05) is 32.7 Å². The zero-order chi connectivity index (χ0) is 14.1. The first-order chi connectivity index (χ1) is 9.61. The fourth-order valence-electron chi connectivity index (χ4n) is 2.66. The Kier molecular flexibility index (Phi) is 3.61. The van der Waals surface area contributed by atoms with Crippen molar-refractivity contribution < 1.29 is 9.21 Å². The Labute approximate surface area is 118 Å². The van der Waals surface area contributed by atoms with Gasteiger partial charge in [-0.15, -0.1) is 0 Å². The van der Waals surface area contributed by atoms with Gasteiger partial charge in [0.25, 0.3) is 5.91 Å². The molecule has 0 spiro atoms. The predicted octanol–water partition coefficient (Wildman–Crippen LogP) is 1.12. The maximum absolute atomic E-state index is 12.3. The summed E-state index contributed by atoms with van der Waals surface area (Å²) in [6.45, 7) is 6.11. The number of hydrogen-bond acceptors (Lipinski definition) is 4. The van der Waals surface area contributed by atoms with Crippen LogP contribution < -0.4 is 5.43 Å². The number of amides is 1. The van der Waals surface area contributed by atoms with Crippen LogP contribution in [0, 0.1) is 12.8 Å². The van der Waals surface area contributed by atoms with Gasteiger partial charge in [0, 0.05) is 44.9 Å². The molecule has 2 aliphatic rings. The third-order valence-electron chi connectivity index (χ3n) is 3.97. The van der Waals surface area contributed by atoms with Gasteiger partial charge in [-0.2, -0.15) is 0 Å². The minimum atomic E-state index is -0.176. The lowest BCUT2D eigenvalue weighted by Gasteiger charge is -2.34. The Balaban J connectivity index is 1.61. The number of piperazine rings is 1. The largest absolute Gasteiger partial charge is 0.456 e. The van der Waals surface area contributed by atoms with Crippen LogP contribution in [0.2, 0.25) is 0 Å². The number of aryl methyl sites for hydroxylation is 1. The first kappa shape index (κ1) is 13.4. The molecule has 0 N–H and O–H groups in total. The molecule has 1 aromatic heterocycles. The lowest BCUT2D eigenvalue weighted by molar-refractivity contribution is 0.0597. The van der Waals surface area contributed by atoms with E-state index in [4.69, 9.17) is 4.42 Å². The number of carbonyl (C=O) groups excluding carboxylic acids is 1. The van der Waals surface area contributed by atoms with E-state index in [1.54, 1.807) is 11.8 Å². The fraction of sp³-hybridized carbons (Fsp3) is 0.600. The standard InChI is InChI=1S/C15H20N2O3/c1-11-8-13(18)9-14(20-11)15(19)17-6-4-16(5-7-17)10-12-2-3-12/h8-9,12H,2-7,10H2,1H3. The summed E-state index contributed by atoms with van der Waals surface area (Å²) in [5.41, 5.74) is -0.176. The molecule has 1 aliphatic carbocycles. The van der Waals surface area contributed by atoms with Crippen LogP contribution in [0.4, 0.5) is 0 Å². The Morgan fingerprint density at radius 3 is 2.55 bits per heavy atom. The highest BCUT2D eigenvalue weighted by Crippen LogP contribution is 2.29. The molecule has 1 amide bonds. The smallest absolute Gasteiger partial charge is 0.289 e. The van der Waals surface area contributed by atoms with E-state index in [1.165, 1.54) is 31.5 Å². The first-order valence-electron chi connectivity index (χ1n) is 7.25. The van der Waals surface area contributed by atoms with Crippen molar-refractivity contribution in [2.45, 2.75) is 19.8 Å². The lowest BCUT2D eigenvalue weighted by atomic mass is 10.2. The second-order valence-corrected chi connectivity index (χ2v) is 5.80. The van der Waals surface area contributed by atoms with Crippen LogP contribution in [0.25, 0.3) is 0 Å². The van der Waals surface area contributed by atoms with Crippen molar-refractivity contribution in [1.29, 1.82) is 0 Å². The van der Waals surface area contributed by atoms with Crippen molar-refractivity contribution in [2.24, 2.45) is 5.92 Å². The SMILES string of the molecule is Cc1cc(=O)cc(C(=O)N2CCN(CC3CC3)CC2)o1. The molecule has 20 heavy (non-hydrogen) atoms. The minimum absolute atomic E-state index is 0.158. The third-order valence-corrected chi connectivity index (χ3v) is 3.97. The quantitative estimate of drug-likeness (QED) is 0.830. The Hall–Kier alpha value is -1.62. The molecule has 0 atom stereocenters. The lowest BCUT2D eigenvalue weighted by Crippen LogP contribution is -2.49. The molecule has 1 saturated heterocycles. The van der Waals surface area contributed by atoms with Gasteiger partial charge in [0.1, 0.15) is 5.76 Å². The molecular formula is C15H20N2O3. The molecular weight excluding hydrogens is 256 g/mol. The first-order valence-corrected chi connectivity index (χ1v) is 7.25. The van der Waals surface area contributed by atoms with Crippen molar-refractivity contribution in [3.8, 4) is 0 Å². The number of rotatable bonds is 3. The van der Waals surface area contributed by atoms with Gasteiger partial charge < -0.3 is 9.32 Å². The molecule has 0 bridgehead atoms. The van der Waals surface area contributed by atoms with Crippen LogP contribution in [0.15, 0.2) is 21.3 Å². The summed E-state index contributed by atoms with van der Waals surface area (Å²) in [5, 5.41) is 0. The monoisotopic (exact) mass is 276 g/mol. The Bertz CT molecular complexity index is 554. The van der Waals surface area contributed by atoms with E-state index in [1.807, 2.05) is 0 Å². The van der Waals surface area contributed by atoms with Crippen LogP contribution in [0.1, 0.15) is 29.2 Å². The Morgan fingerprint density at radius 2 is 1.95 bits per heavy atom. The van der Waals surface area contributed by atoms with E-state index in [0.29, 0.717) is 18.8 Å². The zero-order valence-corrected chi connectivity index (χ0v) is 11.8. The van der Waals surface area contributed by atoms with Crippen molar-refractivity contribution in [1.82, 2.24) is 9.80 Å². The molecule has 108 valence electrons. The molecule has 1 saturated carbocycles. The fourth-order valence-corrected chi connectivity index (χ4v) is 2.66. The molecule has 0 aromatic carbocycles. The highest BCUT2D eigenvalue weighted by molar-refractivity contribution is 5.91. The van der Waals surface area contributed by atoms with E-state index in [-0.39, 0.29) is 17.1 Å². The molecule has 0 radical (unpaired) electrons. The molecule has 2 fully saturated rings. The highest BCUT2D eigenvalue weighted by atomic mass is 16.3. The normalized spacial score (nSPS) is 20.1. The summed E-state index contributed by atoms with van der Waals surface area (Å²) in [5.74, 6) is 1.35. The van der Waals surface area contributed by atoms with E-state index in [9.17, 15) is 9.59 Å². The van der Waals surface area contributed by atoms with Gasteiger partial charge in [-0.1, -0.05) is 0 Å². The topological polar surface area (TPSA) is 53.8 Å². The average molecular weight is 276 g/mol. The van der Waals surface area contributed by atoms with Crippen LogP contribution >= 0.6 is 0 Å². The number of nitrogens with zero attached hydrogens (tertiary/aromatic N) is 2. The van der Waals surface area contributed by atoms with Gasteiger partial charge in [0.2, 0.25) is 0 Å². The van der Waals surface area contributed by atoms with Crippen LogP contribution in [-0.4, -0.2) is 48.4 Å². The van der Waals surface area contributed by atoms with E-state index < -0.39 is 0 Å². The summed E-state index contributed by atoms with van der Waals surface area (Å²) < 4.78 is 5.37. The molecule has 1 aliphatic heterocycles. The zero-order valence-electron chi connectivity index (χ0n) is 11.8.